The Bertz CT molecular complexity index is 3680. The van der Waals surface area contributed by atoms with Gasteiger partial charge in [0.15, 0.2) is 0 Å². The van der Waals surface area contributed by atoms with E-state index >= 15 is 0 Å². The Morgan fingerprint density at radius 2 is 1.03 bits per heavy atom. The molecule has 0 spiro atoms. The molecule has 0 N–H and O–H groups in total. The van der Waals surface area contributed by atoms with Crippen LogP contribution in [0.5, 0.6) is 11.5 Å². The van der Waals surface area contributed by atoms with Gasteiger partial charge in [-0.1, -0.05) is 174 Å². The summed E-state index contributed by atoms with van der Waals surface area (Å²) in [5.74, 6) is 2.38. The smallest absolute Gasteiger partial charge is 0.269 e. The van der Waals surface area contributed by atoms with Gasteiger partial charge >= 0.3 is 0 Å². The van der Waals surface area contributed by atoms with E-state index in [1.165, 1.54) is 61.0 Å². The lowest BCUT2D eigenvalue weighted by molar-refractivity contribution is -0.572. The molecular formula is C64H62N4O. The second-order valence-electron chi connectivity index (χ2n) is 23.2. The summed E-state index contributed by atoms with van der Waals surface area (Å²) in [6.45, 7) is 27.7. The fraction of sp³-hybridized carbons (Fsp3) is 0.250. The summed E-state index contributed by atoms with van der Waals surface area (Å²) in [5.41, 5.74) is 18.4. The first-order chi connectivity index (χ1) is 32.7. The monoisotopic (exact) mass is 902 g/mol. The van der Waals surface area contributed by atoms with Crippen molar-refractivity contribution in [2.24, 2.45) is 0 Å². The molecule has 1 aliphatic heterocycles. The van der Waals surface area contributed by atoms with E-state index in [0.717, 1.165) is 56.1 Å². The van der Waals surface area contributed by atoms with Crippen LogP contribution in [0.3, 0.4) is 0 Å². The molecule has 0 radical (unpaired) electrons. The molecule has 1 aliphatic rings. The van der Waals surface area contributed by atoms with E-state index in [9.17, 15) is 0 Å². The Morgan fingerprint density at radius 1 is 0.449 bits per heavy atom. The lowest BCUT2D eigenvalue weighted by Crippen LogP contribution is -2.35. The van der Waals surface area contributed by atoms with Gasteiger partial charge in [-0.25, -0.2) is 4.98 Å². The summed E-state index contributed by atoms with van der Waals surface area (Å²) in [4.78, 5) is 4.92. The molecular weight excluding hydrogens is 841 g/mol. The van der Waals surface area contributed by atoms with Crippen LogP contribution >= 0.6 is 0 Å². The molecule has 0 fully saturated rings. The second kappa shape index (κ2) is 15.6. The highest BCUT2D eigenvalue weighted by atomic mass is 16.5. The van der Waals surface area contributed by atoms with Crippen LogP contribution < -0.4 is 9.30 Å². The largest absolute Gasteiger partial charge is 0.458 e. The van der Waals surface area contributed by atoms with E-state index in [0.29, 0.717) is 0 Å². The highest BCUT2D eigenvalue weighted by Gasteiger charge is 2.32. The molecule has 5 nitrogen and oxygen atoms in total. The van der Waals surface area contributed by atoms with E-state index in [4.69, 9.17) is 9.72 Å². The molecule has 0 amide bonds. The number of pyridine rings is 1. The van der Waals surface area contributed by atoms with Crippen molar-refractivity contribution in [3.05, 3.63) is 186 Å². The average molecular weight is 903 g/mol. The SMILES string of the molecule is CC(C)(C)c1ccnc(-n2c3ccccc3c3ccc(Oc4cccc(-n5[c-][n+]6c7c(cc(C(C)(C)C)cc75)-c5ccccc5-c5ccccc5-c5cc(C(C)(C)C)cc(C(C)(C)C)c5-6)c4)cc32)c1. The lowest BCUT2D eigenvalue weighted by atomic mass is 9.77. The van der Waals surface area contributed by atoms with E-state index < -0.39 is 0 Å². The summed E-state index contributed by atoms with van der Waals surface area (Å²) >= 11 is 0. The number of hydrogen-bond donors (Lipinski definition) is 0. The molecule has 10 aromatic rings. The van der Waals surface area contributed by atoms with Crippen LogP contribution in [0.4, 0.5) is 0 Å². The molecule has 4 heterocycles. The van der Waals surface area contributed by atoms with E-state index in [-0.39, 0.29) is 21.7 Å². The Morgan fingerprint density at radius 3 is 1.70 bits per heavy atom. The fourth-order valence-corrected chi connectivity index (χ4v) is 10.3. The summed E-state index contributed by atoms with van der Waals surface area (Å²) in [6, 6.07) is 55.5. The highest BCUT2D eigenvalue weighted by Crippen LogP contribution is 2.48. The number of para-hydroxylation sites is 1. The molecule has 69 heavy (non-hydrogen) atoms. The van der Waals surface area contributed by atoms with Crippen LogP contribution in [0.25, 0.3) is 83.4 Å². The third-order valence-electron chi connectivity index (χ3n) is 14.1. The van der Waals surface area contributed by atoms with Gasteiger partial charge in [0.2, 0.25) is 0 Å². The minimum Gasteiger partial charge on any atom is -0.458 e. The zero-order valence-corrected chi connectivity index (χ0v) is 42.2. The Hall–Kier alpha value is -7.24. The third kappa shape index (κ3) is 7.54. The van der Waals surface area contributed by atoms with Crippen LogP contribution in [-0.4, -0.2) is 14.1 Å². The third-order valence-corrected chi connectivity index (χ3v) is 14.1. The maximum absolute atomic E-state index is 6.91. The summed E-state index contributed by atoms with van der Waals surface area (Å²) < 4.78 is 13.8. The molecule has 344 valence electrons. The maximum Gasteiger partial charge on any atom is 0.269 e. The molecule has 0 saturated carbocycles. The van der Waals surface area contributed by atoms with Gasteiger partial charge in [-0.2, -0.15) is 0 Å². The number of nitrogens with zero attached hydrogens (tertiary/aromatic N) is 4. The van der Waals surface area contributed by atoms with Crippen molar-refractivity contribution in [1.82, 2.24) is 14.1 Å². The van der Waals surface area contributed by atoms with E-state index in [1.54, 1.807) is 0 Å². The lowest BCUT2D eigenvalue weighted by Gasteiger charge is -2.30. The first kappa shape index (κ1) is 44.3. The summed E-state index contributed by atoms with van der Waals surface area (Å²) in [5, 5.41) is 2.33. The molecule has 0 atom stereocenters. The summed E-state index contributed by atoms with van der Waals surface area (Å²) in [6.07, 6.45) is 5.98. The number of imidazole rings is 1. The Labute approximate surface area is 407 Å². The van der Waals surface area contributed by atoms with Crippen molar-refractivity contribution in [1.29, 1.82) is 0 Å². The number of rotatable bonds is 4. The van der Waals surface area contributed by atoms with Crippen molar-refractivity contribution in [3.63, 3.8) is 0 Å². The molecule has 5 heteroatoms. The molecule has 0 bridgehead atoms. The van der Waals surface area contributed by atoms with Gasteiger partial charge in [0, 0.05) is 23.0 Å². The highest BCUT2D eigenvalue weighted by molar-refractivity contribution is 6.09. The number of ether oxygens (including phenoxy) is 1. The summed E-state index contributed by atoms with van der Waals surface area (Å²) in [7, 11) is 0. The average Bonchev–Trinajstić information content (AvgIpc) is 3.86. The first-order valence-corrected chi connectivity index (χ1v) is 24.5. The zero-order valence-electron chi connectivity index (χ0n) is 42.2. The van der Waals surface area contributed by atoms with Gasteiger partial charge in [0.25, 0.3) is 6.33 Å². The van der Waals surface area contributed by atoms with Crippen molar-refractivity contribution in [2.75, 3.05) is 0 Å². The van der Waals surface area contributed by atoms with Gasteiger partial charge in [-0.05, 0) is 132 Å². The van der Waals surface area contributed by atoms with Gasteiger partial charge < -0.3 is 4.74 Å². The Balaban J connectivity index is 1.15. The zero-order chi connectivity index (χ0) is 48.4. The Kier molecular flexibility index (Phi) is 10.0. The van der Waals surface area contributed by atoms with Crippen molar-refractivity contribution >= 4 is 32.8 Å². The van der Waals surface area contributed by atoms with E-state index in [1.807, 2.05) is 6.20 Å². The van der Waals surface area contributed by atoms with Crippen molar-refractivity contribution in [2.45, 2.75) is 105 Å². The normalized spacial score (nSPS) is 12.9. The minimum atomic E-state index is -0.200. The van der Waals surface area contributed by atoms with Crippen LogP contribution in [-0.2, 0) is 21.7 Å². The first-order valence-electron chi connectivity index (χ1n) is 24.5. The molecule has 7 aromatic carbocycles. The molecule has 0 aliphatic carbocycles. The predicted octanol–water partition coefficient (Wildman–Crippen LogP) is 16.5. The number of aromatic nitrogens is 4. The van der Waals surface area contributed by atoms with Crippen LogP contribution in [0.15, 0.2) is 158 Å². The quantitative estimate of drug-likeness (QED) is 0.130. The topological polar surface area (TPSA) is 35.9 Å². The molecule has 0 saturated heterocycles. The van der Waals surface area contributed by atoms with Gasteiger partial charge in [0.05, 0.1) is 33.4 Å². The van der Waals surface area contributed by atoms with Crippen molar-refractivity contribution in [3.8, 4) is 62.1 Å². The standard InChI is InChI=1S/C64H62N4O/c1-61(2,3)40-30-31-65-58(36-40)68-55-27-18-17-26-50(55)51-29-28-45(38-56(51)68)69-44-21-19-20-43(37-44)66-39-67-59-52(32-41(62(4,5)6)34-54(59)64(10,11)12)48-24-15-13-22-46(48)47-23-14-16-25-49(47)53-33-42(63(7,8)9)35-57(66)60(53)67/h13-38H,1-12H3. The van der Waals surface area contributed by atoms with Gasteiger partial charge in [-0.15, -0.1) is 0 Å². The molecule has 0 unspecified atom stereocenters. The number of fused-ring (bicyclic) bond motifs is 10. The van der Waals surface area contributed by atoms with Crippen LogP contribution in [0, 0.1) is 6.33 Å². The maximum atomic E-state index is 6.91. The number of benzene rings is 7. The van der Waals surface area contributed by atoms with Crippen LogP contribution in [0.1, 0.15) is 105 Å². The van der Waals surface area contributed by atoms with E-state index in [2.05, 4.69) is 255 Å². The van der Waals surface area contributed by atoms with Crippen LogP contribution in [0.2, 0.25) is 0 Å². The van der Waals surface area contributed by atoms with Crippen molar-refractivity contribution < 1.29 is 9.30 Å². The predicted molar refractivity (Wildman–Crippen MR) is 287 cm³/mol. The minimum absolute atomic E-state index is 0.0210. The number of hydrogen-bond acceptors (Lipinski definition) is 2. The van der Waals surface area contributed by atoms with Gasteiger partial charge in [-0.3, -0.25) is 13.7 Å². The van der Waals surface area contributed by atoms with Gasteiger partial charge in [0.1, 0.15) is 17.3 Å². The molecule has 3 aromatic heterocycles. The second-order valence-corrected chi connectivity index (χ2v) is 23.2. The fourth-order valence-electron chi connectivity index (χ4n) is 10.3. The molecule has 11 rings (SSSR count).